The lowest BCUT2D eigenvalue weighted by atomic mass is 10.2. The molecular weight excluding hydrogens is 258 g/mol. The van der Waals surface area contributed by atoms with Gasteiger partial charge in [0.05, 0.1) is 12.9 Å². The molecule has 0 aromatic rings. The van der Waals surface area contributed by atoms with Crippen molar-refractivity contribution in [3.63, 3.8) is 0 Å². The van der Waals surface area contributed by atoms with Crippen molar-refractivity contribution in [2.45, 2.75) is 39.3 Å². The number of rotatable bonds is 5. The Kier molecular flexibility index (Phi) is 6.34. The molecule has 0 saturated heterocycles. The molecule has 1 amide bonds. The Labute approximate surface area is 108 Å². The third kappa shape index (κ3) is 11.4. The first-order chi connectivity index (χ1) is 7.99. The number of hydrogen-bond donors (Lipinski definition) is 1. The van der Waals surface area contributed by atoms with Crippen molar-refractivity contribution in [2.24, 2.45) is 0 Å². The molecule has 0 saturated carbocycles. The van der Waals surface area contributed by atoms with E-state index in [9.17, 15) is 13.2 Å². The van der Waals surface area contributed by atoms with E-state index in [2.05, 4.69) is 9.50 Å². The van der Waals surface area contributed by atoms with E-state index < -0.39 is 21.8 Å². The molecule has 6 nitrogen and oxygen atoms in total. The van der Waals surface area contributed by atoms with E-state index in [4.69, 9.17) is 4.74 Å². The van der Waals surface area contributed by atoms with Gasteiger partial charge in [-0.3, -0.25) is 4.18 Å². The Balaban J connectivity index is 4.00. The van der Waals surface area contributed by atoms with Gasteiger partial charge in [-0.1, -0.05) is 12.2 Å². The lowest BCUT2D eigenvalue weighted by Crippen LogP contribution is -2.36. The van der Waals surface area contributed by atoms with Crippen molar-refractivity contribution in [2.75, 3.05) is 12.9 Å². The minimum absolute atomic E-state index is 0.0564. The van der Waals surface area contributed by atoms with Gasteiger partial charge in [-0.25, -0.2) is 4.79 Å². The van der Waals surface area contributed by atoms with Crippen molar-refractivity contribution in [3.05, 3.63) is 12.2 Å². The summed E-state index contributed by atoms with van der Waals surface area (Å²) >= 11 is 0. The van der Waals surface area contributed by atoms with Crippen molar-refractivity contribution in [3.8, 4) is 0 Å². The first-order valence-corrected chi connectivity index (χ1v) is 7.32. The molecule has 0 unspecified atom stereocenters. The minimum Gasteiger partial charge on any atom is -0.444 e. The highest BCUT2D eigenvalue weighted by Crippen LogP contribution is 2.06. The van der Waals surface area contributed by atoms with Crippen LogP contribution in [-0.4, -0.2) is 39.0 Å². The lowest BCUT2D eigenvalue weighted by molar-refractivity contribution is 0.0518. The van der Waals surface area contributed by atoms with Crippen LogP contribution in [0.3, 0.4) is 0 Å². The molecule has 1 atom stereocenters. The SMILES string of the molecule is C[C@@H](/C=C/COS(C)(=O)=O)NC(=O)OC(C)(C)C. The summed E-state index contributed by atoms with van der Waals surface area (Å²) in [5, 5.41) is 2.58. The Hall–Kier alpha value is -1.08. The Morgan fingerprint density at radius 2 is 1.94 bits per heavy atom. The molecule has 7 heteroatoms. The van der Waals surface area contributed by atoms with Crippen LogP contribution in [-0.2, 0) is 19.0 Å². The zero-order valence-corrected chi connectivity index (χ0v) is 12.2. The van der Waals surface area contributed by atoms with Crippen LogP contribution in [0.2, 0.25) is 0 Å². The summed E-state index contributed by atoms with van der Waals surface area (Å²) in [6.07, 6.45) is 3.59. The molecule has 0 heterocycles. The van der Waals surface area contributed by atoms with Crippen LogP contribution in [0.15, 0.2) is 12.2 Å². The van der Waals surface area contributed by atoms with Crippen LogP contribution in [0.5, 0.6) is 0 Å². The molecule has 0 aromatic carbocycles. The molecule has 0 spiro atoms. The predicted molar refractivity (Wildman–Crippen MR) is 68.8 cm³/mol. The second-order valence-corrected chi connectivity index (χ2v) is 6.50. The lowest BCUT2D eigenvalue weighted by Gasteiger charge is -2.20. The summed E-state index contributed by atoms with van der Waals surface area (Å²) in [4.78, 5) is 11.4. The molecule has 18 heavy (non-hydrogen) atoms. The topological polar surface area (TPSA) is 81.7 Å². The van der Waals surface area contributed by atoms with Crippen LogP contribution in [0.25, 0.3) is 0 Å². The fourth-order valence-electron chi connectivity index (χ4n) is 0.964. The smallest absolute Gasteiger partial charge is 0.408 e. The van der Waals surface area contributed by atoms with Crippen molar-refractivity contribution >= 4 is 16.2 Å². The average Bonchev–Trinajstić information content (AvgIpc) is 2.07. The zero-order chi connectivity index (χ0) is 14.4. The van der Waals surface area contributed by atoms with E-state index in [1.807, 2.05) is 0 Å². The summed E-state index contributed by atoms with van der Waals surface area (Å²) < 4.78 is 30.9. The monoisotopic (exact) mass is 279 g/mol. The van der Waals surface area contributed by atoms with E-state index in [0.717, 1.165) is 6.26 Å². The summed E-state index contributed by atoms with van der Waals surface area (Å²) in [5.74, 6) is 0. The summed E-state index contributed by atoms with van der Waals surface area (Å²) in [5.41, 5.74) is -0.549. The Bertz CT molecular complexity index is 394. The molecule has 0 rings (SSSR count). The van der Waals surface area contributed by atoms with Crippen LogP contribution >= 0.6 is 0 Å². The van der Waals surface area contributed by atoms with Gasteiger partial charge in [0, 0.05) is 6.04 Å². The standard InChI is InChI=1S/C11H21NO5S/c1-9(7-6-8-16-18(5,14)15)12-10(13)17-11(2,3)4/h6-7,9H,8H2,1-5H3,(H,12,13)/b7-6+/t9-/m0/s1. The van der Waals surface area contributed by atoms with Gasteiger partial charge < -0.3 is 10.1 Å². The third-order valence-corrected chi connectivity index (χ3v) is 2.11. The molecule has 0 aliphatic heterocycles. The number of carbonyl (C=O) groups is 1. The van der Waals surface area contributed by atoms with Crippen LogP contribution in [0, 0.1) is 0 Å². The van der Waals surface area contributed by atoms with Crippen LogP contribution in [0.1, 0.15) is 27.7 Å². The maximum Gasteiger partial charge on any atom is 0.408 e. The second-order valence-electron chi connectivity index (χ2n) is 4.85. The predicted octanol–water partition coefficient (Wildman–Crippen LogP) is 1.43. The van der Waals surface area contributed by atoms with Crippen LogP contribution in [0.4, 0.5) is 4.79 Å². The van der Waals surface area contributed by atoms with Gasteiger partial charge in [-0.15, -0.1) is 0 Å². The molecular formula is C11H21NO5S. The molecule has 106 valence electrons. The summed E-state index contributed by atoms with van der Waals surface area (Å²) in [7, 11) is -3.43. The molecule has 0 aromatic heterocycles. The highest BCUT2D eigenvalue weighted by Gasteiger charge is 2.16. The highest BCUT2D eigenvalue weighted by atomic mass is 32.2. The summed E-state index contributed by atoms with van der Waals surface area (Å²) in [6, 6.07) is -0.275. The first kappa shape index (κ1) is 16.9. The summed E-state index contributed by atoms with van der Waals surface area (Å²) in [6.45, 7) is 6.99. The minimum atomic E-state index is -3.43. The number of nitrogens with one attached hydrogen (secondary N) is 1. The largest absolute Gasteiger partial charge is 0.444 e. The van der Waals surface area contributed by atoms with E-state index in [1.165, 1.54) is 6.08 Å². The molecule has 1 N–H and O–H groups in total. The molecule has 0 aliphatic rings. The van der Waals surface area contributed by atoms with Crippen molar-refractivity contribution in [1.29, 1.82) is 0 Å². The third-order valence-electron chi connectivity index (χ3n) is 1.55. The maximum atomic E-state index is 11.4. The number of alkyl carbamates (subject to hydrolysis) is 1. The number of hydrogen-bond acceptors (Lipinski definition) is 5. The highest BCUT2D eigenvalue weighted by molar-refractivity contribution is 7.85. The first-order valence-electron chi connectivity index (χ1n) is 5.50. The fraction of sp³-hybridized carbons (Fsp3) is 0.727. The van der Waals surface area contributed by atoms with Gasteiger partial charge in [0.15, 0.2) is 0 Å². The normalized spacial score (nSPS) is 14.5. The average molecular weight is 279 g/mol. The number of ether oxygens (including phenoxy) is 1. The van der Waals surface area contributed by atoms with E-state index in [-0.39, 0.29) is 12.6 Å². The quantitative estimate of drug-likeness (QED) is 0.608. The maximum absolute atomic E-state index is 11.4. The molecule has 0 radical (unpaired) electrons. The van der Waals surface area contributed by atoms with E-state index in [0.29, 0.717) is 0 Å². The van der Waals surface area contributed by atoms with E-state index in [1.54, 1.807) is 33.8 Å². The molecule has 0 aliphatic carbocycles. The van der Waals surface area contributed by atoms with Gasteiger partial charge in [0.25, 0.3) is 10.1 Å². The van der Waals surface area contributed by atoms with Gasteiger partial charge in [-0.2, -0.15) is 8.42 Å². The molecule has 0 fully saturated rings. The van der Waals surface area contributed by atoms with Gasteiger partial charge in [0.2, 0.25) is 0 Å². The van der Waals surface area contributed by atoms with E-state index >= 15 is 0 Å². The second kappa shape index (κ2) is 6.75. The van der Waals surface area contributed by atoms with Gasteiger partial charge in [-0.05, 0) is 27.7 Å². The Morgan fingerprint density at radius 3 is 2.39 bits per heavy atom. The van der Waals surface area contributed by atoms with Crippen molar-refractivity contribution < 1.29 is 22.1 Å². The number of amides is 1. The van der Waals surface area contributed by atoms with Gasteiger partial charge in [0.1, 0.15) is 5.60 Å². The van der Waals surface area contributed by atoms with Crippen LogP contribution < -0.4 is 5.32 Å². The fourth-order valence-corrected chi connectivity index (χ4v) is 1.29. The van der Waals surface area contributed by atoms with Gasteiger partial charge >= 0.3 is 6.09 Å². The Morgan fingerprint density at radius 1 is 1.39 bits per heavy atom. The molecule has 0 bridgehead atoms. The van der Waals surface area contributed by atoms with Crippen molar-refractivity contribution in [1.82, 2.24) is 5.32 Å². The number of carbonyl (C=O) groups excluding carboxylic acids is 1. The zero-order valence-electron chi connectivity index (χ0n) is 11.4.